The van der Waals surface area contributed by atoms with E-state index in [9.17, 15) is 8.42 Å². The van der Waals surface area contributed by atoms with Gasteiger partial charge in [-0.25, -0.2) is 27.7 Å². The number of piperidine rings is 1. The quantitative estimate of drug-likeness (QED) is 0.672. The molecule has 0 spiro atoms. The van der Waals surface area contributed by atoms with E-state index >= 15 is 0 Å². The number of nitrogens with zero attached hydrogens (tertiary/aromatic N) is 7. The van der Waals surface area contributed by atoms with Gasteiger partial charge in [-0.15, -0.1) is 0 Å². The smallest absolute Gasteiger partial charge is 0.228 e. The van der Waals surface area contributed by atoms with E-state index in [4.69, 9.17) is 20.4 Å². The number of ether oxygens (including phenoxy) is 1. The maximum Gasteiger partial charge on any atom is 0.228 e. The van der Waals surface area contributed by atoms with Gasteiger partial charge in [-0.3, -0.25) is 0 Å². The molecule has 32 heavy (non-hydrogen) atoms. The maximum absolute atomic E-state index is 12.2. The molecule has 172 valence electrons. The lowest BCUT2D eigenvalue weighted by atomic mass is 10.1. The Labute approximate surface area is 187 Å². The molecule has 3 aliphatic heterocycles. The van der Waals surface area contributed by atoms with Crippen LogP contribution in [0.3, 0.4) is 0 Å². The zero-order chi connectivity index (χ0) is 22.3. The first-order chi connectivity index (χ1) is 15.4. The first-order valence-corrected chi connectivity index (χ1v) is 12.8. The van der Waals surface area contributed by atoms with Crippen LogP contribution in [-0.4, -0.2) is 90.9 Å². The molecule has 5 rings (SSSR count). The summed E-state index contributed by atoms with van der Waals surface area (Å²) in [5, 5.41) is 0. The van der Waals surface area contributed by atoms with Crippen molar-refractivity contribution in [1.29, 1.82) is 0 Å². The molecule has 0 bridgehead atoms. The third-order valence-corrected chi connectivity index (χ3v) is 7.63. The number of anilines is 3. The van der Waals surface area contributed by atoms with Crippen molar-refractivity contribution in [3.8, 4) is 11.3 Å². The highest BCUT2D eigenvalue weighted by molar-refractivity contribution is 7.88. The zero-order valence-corrected chi connectivity index (χ0v) is 19.0. The van der Waals surface area contributed by atoms with E-state index in [0.717, 1.165) is 61.5 Å². The maximum atomic E-state index is 12.2. The number of aromatic nitrogens is 4. The second-order valence-electron chi connectivity index (χ2n) is 8.46. The second-order valence-corrected chi connectivity index (χ2v) is 10.4. The van der Waals surface area contributed by atoms with Crippen LogP contribution in [0.1, 0.15) is 18.4 Å². The predicted octanol–water partition coefficient (Wildman–Crippen LogP) is 0.139. The predicted molar refractivity (Wildman–Crippen MR) is 121 cm³/mol. The van der Waals surface area contributed by atoms with E-state index in [1.165, 1.54) is 6.26 Å². The average Bonchev–Trinajstić information content (AvgIpc) is 3.23. The van der Waals surface area contributed by atoms with Crippen LogP contribution >= 0.6 is 0 Å². The Kier molecular flexibility index (Phi) is 5.59. The summed E-state index contributed by atoms with van der Waals surface area (Å²) in [5.74, 6) is 1.76. The number of nitrogen functional groups attached to an aromatic ring is 1. The molecule has 5 heterocycles. The normalized spacial score (nSPS) is 22.2. The molecule has 0 saturated carbocycles. The lowest BCUT2D eigenvalue weighted by Gasteiger charge is -2.37. The minimum Gasteiger partial charge on any atom is -0.378 e. The fourth-order valence-electron chi connectivity index (χ4n) is 4.70. The van der Waals surface area contributed by atoms with Crippen LogP contribution in [0.15, 0.2) is 12.4 Å². The average molecular weight is 461 g/mol. The van der Waals surface area contributed by atoms with Crippen LogP contribution in [-0.2, 0) is 21.2 Å². The van der Waals surface area contributed by atoms with Crippen molar-refractivity contribution < 1.29 is 13.2 Å². The zero-order valence-electron chi connectivity index (χ0n) is 18.1. The van der Waals surface area contributed by atoms with Gasteiger partial charge in [0, 0.05) is 62.3 Å². The Balaban J connectivity index is 1.55. The van der Waals surface area contributed by atoms with E-state index in [-0.39, 0.29) is 12.0 Å². The Morgan fingerprint density at radius 3 is 2.56 bits per heavy atom. The fourth-order valence-corrected chi connectivity index (χ4v) is 5.61. The van der Waals surface area contributed by atoms with Crippen LogP contribution < -0.4 is 15.5 Å². The van der Waals surface area contributed by atoms with Crippen LogP contribution in [0.25, 0.3) is 11.3 Å². The highest BCUT2D eigenvalue weighted by Crippen LogP contribution is 2.37. The minimum atomic E-state index is -3.22. The molecule has 1 unspecified atom stereocenters. The third-order valence-electron chi connectivity index (χ3n) is 6.36. The van der Waals surface area contributed by atoms with Gasteiger partial charge in [-0.2, -0.15) is 4.98 Å². The number of sulfonamides is 1. The summed E-state index contributed by atoms with van der Waals surface area (Å²) < 4.78 is 31.4. The summed E-state index contributed by atoms with van der Waals surface area (Å²) in [6.45, 7) is 4.56. The number of fused-ring (bicyclic) bond motifs is 1. The summed E-state index contributed by atoms with van der Waals surface area (Å²) in [6, 6.07) is 0.0858. The van der Waals surface area contributed by atoms with E-state index in [1.807, 2.05) is 0 Å². The molecule has 11 nitrogen and oxygen atoms in total. The van der Waals surface area contributed by atoms with Crippen molar-refractivity contribution in [3.05, 3.63) is 18.0 Å². The Morgan fingerprint density at radius 2 is 1.84 bits per heavy atom. The molecule has 2 saturated heterocycles. The lowest BCUT2D eigenvalue weighted by molar-refractivity contribution is 0.122. The molecule has 12 heteroatoms. The number of morpholine rings is 1. The molecular formula is C20H28N8O3S. The van der Waals surface area contributed by atoms with Gasteiger partial charge in [-0.1, -0.05) is 0 Å². The lowest BCUT2D eigenvalue weighted by Crippen LogP contribution is -2.49. The van der Waals surface area contributed by atoms with E-state index in [1.54, 1.807) is 16.7 Å². The number of hydrogen-bond donors (Lipinski definition) is 1. The highest BCUT2D eigenvalue weighted by atomic mass is 32.2. The van der Waals surface area contributed by atoms with Crippen molar-refractivity contribution in [3.63, 3.8) is 0 Å². The molecule has 3 aliphatic rings. The van der Waals surface area contributed by atoms with Gasteiger partial charge >= 0.3 is 0 Å². The second kappa shape index (κ2) is 8.41. The monoisotopic (exact) mass is 460 g/mol. The van der Waals surface area contributed by atoms with Crippen molar-refractivity contribution in [2.45, 2.75) is 25.3 Å². The topological polar surface area (TPSA) is 131 Å². The number of hydrogen-bond acceptors (Lipinski definition) is 10. The molecule has 0 aliphatic carbocycles. The summed E-state index contributed by atoms with van der Waals surface area (Å²) >= 11 is 0. The first kappa shape index (κ1) is 21.3. The summed E-state index contributed by atoms with van der Waals surface area (Å²) in [6.07, 6.45) is 7.23. The number of nitrogens with two attached hydrogens (primary N) is 1. The Bertz CT molecular complexity index is 1090. The van der Waals surface area contributed by atoms with E-state index in [2.05, 4.69) is 19.8 Å². The van der Waals surface area contributed by atoms with Crippen LogP contribution in [0.5, 0.6) is 0 Å². The molecular weight excluding hydrogens is 432 g/mol. The van der Waals surface area contributed by atoms with E-state index < -0.39 is 10.0 Å². The molecule has 2 aromatic rings. The highest BCUT2D eigenvalue weighted by Gasteiger charge is 2.36. The molecule has 1 atom stereocenters. The molecule has 2 fully saturated rings. The summed E-state index contributed by atoms with van der Waals surface area (Å²) in [7, 11) is -3.22. The molecule has 2 N–H and O–H groups in total. The standard InChI is InChI=1S/C20H28N8O3S/c1-32(29,30)27-5-2-3-15(13-27)28-6-4-16-17(14-11-22-19(21)23-12-14)24-20(25-18(16)28)26-7-9-31-10-8-26/h11-12,15H,2-10,13H2,1H3,(H2,21,22,23). The Hall–Kier alpha value is -2.57. The van der Waals surface area contributed by atoms with Gasteiger partial charge < -0.3 is 20.3 Å². The Morgan fingerprint density at radius 1 is 1.09 bits per heavy atom. The molecule has 0 radical (unpaired) electrons. The van der Waals surface area contributed by atoms with Gasteiger partial charge in [0.15, 0.2) is 0 Å². The van der Waals surface area contributed by atoms with Gasteiger partial charge in [0.2, 0.25) is 21.9 Å². The largest absolute Gasteiger partial charge is 0.378 e. The van der Waals surface area contributed by atoms with Gasteiger partial charge in [0.1, 0.15) is 5.82 Å². The summed E-state index contributed by atoms with van der Waals surface area (Å²) in [5.41, 5.74) is 8.36. The van der Waals surface area contributed by atoms with Crippen LogP contribution in [0.4, 0.5) is 17.7 Å². The van der Waals surface area contributed by atoms with Crippen molar-refractivity contribution >= 4 is 27.7 Å². The van der Waals surface area contributed by atoms with Crippen molar-refractivity contribution in [2.24, 2.45) is 0 Å². The van der Waals surface area contributed by atoms with Crippen LogP contribution in [0, 0.1) is 0 Å². The molecule has 0 aromatic carbocycles. The first-order valence-electron chi connectivity index (χ1n) is 10.9. The fraction of sp³-hybridized carbons (Fsp3) is 0.600. The molecule has 0 amide bonds. The van der Waals surface area contributed by atoms with Crippen molar-refractivity contribution in [1.82, 2.24) is 24.2 Å². The summed E-state index contributed by atoms with van der Waals surface area (Å²) in [4.78, 5) is 22.6. The number of rotatable bonds is 4. The third kappa shape index (κ3) is 4.09. The van der Waals surface area contributed by atoms with Gasteiger partial charge in [0.25, 0.3) is 0 Å². The van der Waals surface area contributed by atoms with Gasteiger partial charge in [0.05, 0.1) is 25.2 Å². The SMILES string of the molecule is CS(=O)(=O)N1CCCC(N2CCc3c(-c4cnc(N)nc4)nc(N4CCOCC4)nc32)C1. The molecule has 2 aromatic heterocycles. The van der Waals surface area contributed by atoms with Crippen LogP contribution in [0.2, 0.25) is 0 Å². The van der Waals surface area contributed by atoms with E-state index in [0.29, 0.717) is 32.3 Å². The minimum absolute atomic E-state index is 0.0858. The van der Waals surface area contributed by atoms with Crippen molar-refractivity contribution in [2.75, 3.05) is 67.7 Å². The van der Waals surface area contributed by atoms with Gasteiger partial charge in [-0.05, 0) is 19.3 Å².